The van der Waals surface area contributed by atoms with Crippen LogP contribution in [-0.2, 0) is 6.42 Å². The van der Waals surface area contributed by atoms with E-state index < -0.39 is 0 Å². The Bertz CT molecular complexity index is 1230. The number of benzene rings is 2. The van der Waals surface area contributed by atoms with Gasteiger partial charge in [0.25, 0.3) is 0 Å². The normalized spacial score (nSPS) is 10.5. The van der Waals surface area contributed by atoms with E-state index in [9.17, 15) is 5.26 Å². The fourth-order valence-electron chi connectivity index (χ4n) is 3.11. The van der Waals surface area contributed by atoms with E-state index >= 15 is 0 Å². The number of nitrogens with zero attached hydrogens (tertiary/aromatic N) is 5. The summed E-state index contributed by atoms with van der Waals surface area (Å²) in [5, 5.41) is 9.35. The highest BCUT2D eigenvalue weighted by molar-refractivity contribution is 5.67. The zero-order valence-electron chi connectivity index (χ0n) is 17.0. The predicted molar refractivity (Wildman–Crippen MR) is 117 cm³/mol. The molecule has 4 rings (SSSR count). The van der Waals surface area contributed by atoms with E-state index in [4.69, 9.17) is 10.5 Å². The average Bonchev–Trinajstić information content (AvgIpc) is 2.80. The van der Waals surface area contributed by atoms with Gasteiger partial charge in [0.05, 0.1) is 22.9 Å². The molecule has 2 aromatic heterocycles. The molecule has 0 fully saturated rings. The summed E-state index contributed by atoms with van der Waals surface area (Å²) in [5.41, 5.74) is 9.40. The lowest BCUT2D eigenvalue weighted by molar-refractivity contribution is 0.461. The molecule has 0 amide bonds. The van der Waals surface area contributed by atoms with Crippen LogP contribution in [0.4, 0.5) is 0 Å². The molecule has 2 aromatic carbocycles. The molecule has 0 unspecified atom stereocenters. The molecule has 0 saturated heterocycles. The van der Waals surface area contributed by atoms with Gasteiger partial charge in [-0.15, -0.1) is 0 Å². The highest BCUT2D eigenvalue weighted by Gasteiger charge is 2.14. The van der Waals surface area contributed by atoms with Gasteiger partial charge in [-0.1, -0.05) is 30.3 Å². The van der Waals surface area contributed by atoms with Gasteiger partial charge in [0.1, 0.15) is 11.6 Å². The Hall–Kier alpha value is -4.15. The van der Waals surface area contributed by atoms with Gasteiger partial charge in [-0.3, -0.25) is 0 Å². The Kier molecular flexibility index (Phi) is 5.92. The first-order chi connectivity index (χ1) is 15.2. The topological polar surface area (TPSA) is 111 Å². The summed E-state index contributed by atoms with van der Waals surface area (Å²) in [6, 6.07) is 18.9. The minimum Gasteiger partial charge on any atom is -0.438 e. The fraction of sp³-hybridized carbons (Fsp3) is 0.125. The Morgan fingerprint density at radius 2 is 1.77 bits per heavy atom. The summed E-state index contributed by atoms with van der Waals surface area (Å²) in [6.07, 6.45) is 4.21. The predicted octanol–water partition coefficient (Wildman–Crippen LogP) is 4.07. The molecule has 7 nitrogen and oxygen atoms in total. The van der Waals surface area contributed by atoms with Crippen LogP contribution in [0.25, 0.3) is 22.6 Å². The molecule has 0 spiro atoms. The summed E-state index contributed by atoms with van der Waals surface area (Å²) in [6.45, 7) is 2.34. The van der Waals surface area contributed by atoms with E-state index in [1.807, 2.05) is 37.3 Å². The maximum absolute atomic E-state index is 9.35. The molecular formula is C24H20N6O. The molecule has 0 saturated carbocycles. The van der Waals surface area contributed by atoms with Gasteiger partial charge < -0.3 is 10.5 Å². The smallest absolute Gasteiger partial charge is 0.223 e. The first kappa shape index (κ1) is 20.1. The second kappa shape index (κ2) is 9.11. The third kappa shape index (κ3) is 4.71. The number of aryl methyl sites for hydroxylation is 1. The second-order valence-corrected chi connectivity index (χ2v) is 6.88. The van der Waals surface area contributed by atoms with E-state index in [0.717, 1.165) is 16.8 Å². The summed E-state index contributed by atoms with van der Waals surface area (Å²) in [5.74, 6) is 1.90. The zero-order valence-corrected chi connectivity index (χ0v) is 17.0. The van der Waals surface area contributed by atoms with E-state index in [1.54, 1.807) is 36.7 Å². The lowest BCUT2D eigenvalue weighted by Gasteiger charge is -2.12. The van der Waals surface area contributed by atoms with Crippen molar-refractivity contribution in [2.45, 2.75) is 13.3 Å². The number of ether oxygens (including phenoxy) is 1. The minimum absolute atomic E-state index is 0.377. The minimum atomic E-state index is 0.377. The Morgan fingerprint density at radius 1 is 1.00 bits per heavy atom. The molecule has 0 bridgehead atoms. The molecule has 0 radical (unpaired) electrons. The maximum Gasteiger partial charge on any atom is 0.223 e. The van der Waals surface area contributed by atoms with Gasteiger partial charge in [-0.05, 0) is 43.7 Å². The number of hydrogen-bond acceptors (Lipinski definition) is 7. The average molecular weight is 408 g/mol. The molecule has 2 N–H and O–H groups in total. The number of aromatic nitrogens is 4. The molecule has 2 heterocycles. The largest absolute Gasteiger partial charge is 0.438 e. The molecular weight excluding hydrogens is 388 g/mol. The van der Waals surface area contributed by atoms with Crippen LogP contribution in [-0.4, -0.2) is 26.5 Å². The molecule has 0 aliphatic rings. The van der Waals surface area contributed by atoms with E-state index in [-0.39, 0.29) is 0 Å². The molecule has 7 heteroatoms. The van der Waals surface area contributed by atoms with Gasteiger partial charge in [0, 0.05) is 24.0 Å². The molecule has 0 aliphatic heterocycles. The van der Waals surface area contributed by atoms with Crippen LogP contribution in [0, 0.1) is 18.3 Å². The van der Waals surface area contributed by atoms with Crippen LogP contribution in [0.5, 0.6) is 11.6 Å². The van der Waals surface area contributed by atoms with Crippen molar-refractivity contribution in [3.8, 4) is 40.3 Å². The second-order valence-electron chi connectivity index (χ2n) is 6.88. The first-order valence-corrected chi connectivity index (χ1v) is 9.81. The van der Waals surface area contributed by atoms with Crippen molar-refractivity contribution in [3.05, 3.63) is 83.9 Å². The van der Waals surface area contributed by atoms with Crippen molar-refractivity contribution in [3.63, 3.8) is 0 Å². The van der Waals surface area contributed by atoms with Crippen LogP contribution in [0.15, 0.2) is 67.0 Å². The molecule has 31 heavy (non-hydrogen) atoms. The fourth-order valence-corrected chi connectivity index (χ4v) is 3.11. The van der Waals surface area contributed by atoms with Crippen LogP contribution in [0.2, 0.25) is 0 Å². The van der Waals surface area contributed by atoms with Crippen molar-refractivity contribution < 1.29 is 4.74 Å². The molecule has 152 valence electrons. The molecule has 0 aliphatic carbocycles. The van der Waals surface area contributed by atoms with Crippen molar-refractivity contribution >= 4 is 0 Å². The highest BCUT2D eigenvalue weighted by atomic mass is 16.5. The van der Waals surface area contributed by atoms with E-state index in [0.29, 0.717) is 47.4 Å². The lowest BCUT2D eigenvalue weighted by atomic mass is 10.1. The Morgan fingerprint density at radius 3 is 2.48 bits per heavy atom. The van der Waals surface area contributed by atoms with Gasteiger partial charge >= 0.3 is 0 Å². The van der Waals surface area contributed by atoms with E-state index in [1.165, 1.54) is 0 Å². The van der Waals surface area contributed by atoms with E-state index in [2.05, 4.69) is 26.0 Å². The van der Waals surface area contributed by atoms with Crippen molar-refractivity contribution in [1.82, 2.24) is 19.9 Å². The van der Waals surface area contributed by atoms with Gasteiger partial charge in [0.15, 0.2) is 5.82 Å². The van der Waals surface area contributed by atoms with Crippen molar-refractivity contribution in [2.75, 3.05) is 6.54 Å². The Labute approximate surface area is 180 Å². The van der Waals surface area contributed by atoms with Gasteiger partial charge in [-0.25, -0.2) is 15.0 Å². The third-order valence-corrected chi connectivity index (χ3v) is 4.59. The summed E-state index contributed by atoms with van der Waals surface area (Å²) in [7, 11) is 0. The van der Waals surface area contributed by atoms with Crippen molar-refractivity contribution in [1.29, 1.82) is 5.26 Å². The van der Waals surface area contributed by atoms with Crippen LogP contribution >= 0.6 is 0 Å². The number of rotatable bonds is 6. The number of hydrogen-bond donors (Lipinski definition) is 1. The van der Waals surface area contributed by atoms with Crippen molar-refractivity contribution in [2.24, 2.45) is 5.73 Å². The number of nitrogens with two attached hydrogens (primary N) is 1. The lowest BCUT2D eigenvalue weighted by Crippen LogP contribution is -2.04. The van der Waals surface area contributed by atoms with Gasteiger partial charge in [-0.2, -0.15) is 10.2 Å². The SMILES string of the molecule is Cc1nc(Oc2cc(C#N)ccc2-c2ncc(CCN)cn2)cc(-c2ccccc2)n1. The number of nitriles is 1. The van der Waals surface area contributed by atoms with Crippen LogP contribution in [0.1, 0.15) is 17.0 Å². The monoisotopic (exact) mass is 408 g/mol. The highest BCUT2D eigenvalue weighted by Crippen LogP contribution is 2.33. The molecule has 4 aromatic rings. The van der Waals surface area contributed by atoms with Gasteiger partial charge in [0.2, 0.25) is 5.88 Å². The zero-order chi connectivity index (χ0) is 21.6. The summed E-state index contributed by atoms with van der Waals surface area (Å²) in [4.78, 5) is 17.8. The third-order valence-electron chi connectivity index (χ3n) is 4.59. The Balaban J connectivity index is 1.73. The quantitative estimate of drug-likeness (QED) is 0.512. The first-order valence-electron chi connectivity index (χ1n) is 9.81. The summed E-state index contributed by atoms with van der Waals surface area (Å²) < 4.78 is 6.12. The summed E-state index contributed by atoms with van der Waals surface area (Å²) >= 11 is 0. The molecule has 0 atom stereocenters. The standard InChI is InChI=1S/C24H20N6O/c1-16-29-21(19-5-3-2-4-6-19)12-23(30-16)31-22-11-17(13-26)7-8-20(22)24-27-14-18(9-10-25)15-28-24/h2-8,11-12,14-15H,9-10,25H2,1H3. The van der Waals surface area contributed by atoms with Crippen LogP contribution in [0.3, 0.4) is 0 Å². The maximum atomic E-state index is 9.35. The van der Waals surface area contributed by atoms with Crippen LogP contribution < -0.4 is 10.5 Å².